The Balaban J connectivity index is 0.00000793. The molecule has 2 N–H and O–H groups in total. The molecular formula is C55H74MgN4O5. The Morgan fingerprint density at radius 3 is 2.15 bits per heavy atom. The van der Waals surface area contributed by atoms with E-state index in [0.29, 0.717) is 40.2 Å². The monoisotopic (exact) mass is 895 g/mol. The van der Waals surface area contributed by atoms with Gasteiger partial charge in [-0.05, 0) is 99.5 Å². The zero-order valence-corrected chi connectivity index (χ0v) is 42.8. The molecule has 1 saturated heterocycles. The molecule has 0 aromatic carbocycles. The van der Waals surface area contributed by atoms with Gasteiger partial charge in [-0.2, -0.15) is 0 Å². The number of ketones is 1. The minimum atomic E-state index is -1.18. The summed E-state index contributed by atoms with van der Waals surface area (Å²) in [6.45, 7) is 26.2. The predicted molar refractivity (Wildman–Crippen MR) is 265 cm³/mol. The Bertz CT molecular complexity index is 2450. The van der Waals surface area contributed by atoms with E-state index in [0.717, 1.165) is 87.1 Å². The second-order valence-electron chi connectivity index (χ2n) is 19.6. The summed E-state index contributed by atoms with van der Waals surface area (Å²) in [4.78, 5) is 55.3. The predicted octanol–water partition coefficient (Wildman–Crippen LogP) is 9.95. The fourth-order valence-electron chi connectivity index (χ4n) is 10.3. The third-order valence-electron chi connectivity index (χ3n) is 14.4. The second-order valence-corrected chi connectivity index (χ2v) is 19.6. The molecule has 3 aromatic rings. The van der Waals surface area contributed by atoms with E-state index in [1.165, 1.54) is 57.6 Å². The molecule has 0 unspecified atom stereocenters. The fourth-order valence-corrected chi connectivity index (χ4v) is 10.3. The van der Waals surface area contributed by atoms with Crippen LogP contribution in [0.1, 0.15) is 180 Å². The minimum absolute atomic E-state index is 0. The standard InChI is InChI=1S/C55H75N4O5.Mg/c1-13-39-35(8)42-28-44-37(10)41(24-25-48(60)64-27-26-34(7)23-17-22-33(6)21-16-20-32(5)19-15-18-31(3)4)52(58-44)50-51(55(62)63-12)54(61)49-38(11)45(59-53(49)50)30-47-40(14-2)36(9)43(57-47)29-46(39)56-42;/h13,26,28-33,37,41,51,57H,1,14-25,27H2,2-12H3,(H2,58,59,61);/q-1;+2/p-1/b34-26+,43-29-,44-28-,47-30-;/t32-,33-,37+,41+,51-;/m1./s1. The number of nitrogens with zero attached hydrogens (tertiary/aromatic N) is 2. The van der Waals surface area contributed by atoms with Gasteiger partial charge >= 0.3 is 35.0 Å². The van der Waals surface area contributed by atoms with E-state index in [-0.39, 0.29) is 59.7 Å². The summed E-state index contributed by atoms with van der Waals surface area (Å²) in [6, 6.07) is 0. The fraction of sp³-hybridized carbons (Fsp3) is 0.545. The van der Waals surface area contributed by atoms with Crippen LogP contribution in [0.5, 0.6) is 0 Å². The molecule has 1 fully saturated rings. The van der Waals surface area contributed by atoms with E-state index in [2.05, 4.69) is 91.3 Å². The molecular weight excluding hydrogens is 821 g/mol. The number of methoxy groups -OCH3 is 1. The molecule has 8 bridgehead atoms. The van der Waals surface area contributed by atoms with Crippen molar-refractivity contribution >= 4 is 70.7 Å². The van der Waals surface area contributed by atoms with Crippen molar-refractivity contribution in [1.82, 2.24) is 20.3 Å². The SMILES string of the molecule is C=Cc1c2[n-]c(c1C)/C=C1\N/C(=C3\c4[n-]c(c(C)c4C(=O)[C@@H]3C(=O)OC)/C=c3\[nH]/c(c(C)c3CC)=C\2)[C@@H](CCC(=O)OC/C=C(\C)CCC[C@H](C)CCC[C@H](C)CCCC(C)C)[C@@H]1C.[Mg+2]. The van der Waals surface area contributed by atoms with Gasteiger partial charge in [0.1, 0.15) is 12.5 Å². The number of hydrogen-bond donors (Lipinski definition) is 2. The largest absolute Gasteiger partial charge is 2.00 e. The van der Waals surface area contributed by atoms with E-state index < -0.39 is 11.9 Å². The van der Waals surface area contributed by atoms with Gasteiger partial charge in [0, 0.05) is 45.9 Å². The Morgan fingerprint density at radius 2 is 1.51 bits per heavy atom. The number of rotatable bonds is 20. The number of esters is 2. The zero-order valence-electron chi connectivity index (χ0n) is 41.4. The van der Waals surface area contributed by atoms with Crippen LogP contribution >= 0.6 is 0 Å². The van der Waals surface area contributed by atoms with Crippen LogP contribution in [-0.4, -0.2) is 59.5 Å². The normalized spacial score (nSPS) is 21.7. The summed E-state index contributed by atoms with van der Waals surface area (Å²) in [5, 5.41) is 5.53. The van der Waals surface area contributed by atoms with Crippen LogP contribution in [0.3, 0.4) is 0 Å². The van der Waals surface area contributed by atoms with Gasteiger partial charge in [-0.25, -0.2) is 0 Å². The van der Waals surface area contributed by atoms with Crippen molar-refractivity contribution in [2.24, 2.45) is 35.5 Å². The Labute approximate surface area is 404 Å². The average Bonchev–Trinajstić information content (AvgIpc) is 3.99. The van der Waals surface area contributed by atoms with Crippen molar-refractivity contribution in [1.29, 1.82) is 0 Å². The molecule has 0 spiro atoms. The first kappa shape index (κ1) is 51.7. The first-order valence-electron chi connectivity index (χ1n) is 24.1. The number of aromatic amines is 1. The summed E-state index contributed by atoms with van der Waals surface area (Å²) in [5.74, 6) is -0.467. The maximum Gasteiger partial charge on any atom is 2.00 e. The van der Waals surface area contributed by atoms with E-state index in [9.17, 15) is 14.4 Å². The maximum atomic E-state index is 14.4. The van der Waals surface area contributed by atoms with Crippen LogP contribution in [0.2, 0.25) is 0 Å². The molecule has 65 heavy (non-hydrogen) atoms. The molecule has 6 rings (SSSR count). The molecule has 3 aliphatic rings. The smallest absolute Gasteiger partial charge is 0.657 e. The van der Waals surface area contributed by atoms with Gasteiger partial charge in [0.15, 0.2) is 5.78 Å². The summed E-state index contributed by atoms with van der Waals surface area (Å²) < 4.78 is 11.1. The number of H-pyrrole nitrogens is 1. The molecule has 5 atom stereocenters. The van der Waals surface area contributed by atoms with Crippen molar-refractivity contribution in [3.8, 4) is 0 Å². The van der Waals surface area contributed by atoms with Crippen molar-refractivity contribution in [2.45, 2.75) is 146 Å². The number of fused-ring (bicyclic) bond motifs is 7. The molecule has 9 nitrogen and oxygen atoms in total. The number of allylic oxidation sites excluding steroid dienone is 3. The van der Waals surface area contributed by atoms with Crippen LogP contribution in [-0.2, 0) is 25.5 Å². The Kier molecular flexibility index (Phi) is 18.3. The number of carbonyl (C=O) groups excluding carboxylic acids is 3. The van der Waals surface area contributed by atoms with E-state index >= 15 is 0 Å². The van der Waals surface area contributed by atoms with Crippen LogP contribution in [0.15, 0.2) is 29.6 Å². The number of aromatic nitrogens is 3. The Morgan fingerprint density at radius 1 is 0.862 bits per heavy atom. The maximum absolute atomic E-state index is 14.4. The van der Waals surface area contributed by atoms with Crippen LogP contribution in [0, 0.1) is 56.3 Å². The van der Waals surface area contributed by atoms with E-state index in [4.69, 9.17) is 19.4 Å². The third-order valence-corrected chi connectivity index (χ3v) is 14.4. The second kappa shape index (κ2) is 22.9. The first-order valence-corrected chi connectivity index (χ1v) is 24.1. The van der Waals surface area contributed by atoms with E-state index in [1.807, 2.05) is 25.2 Å². The zero-order chi connectivity index (χ0) is 46.4. The molecule has 0 amide bonds. The van der Waals surface area contributed by atoms with Crippen molar-refractivity contribution in [3.63, 3.8) is 0 Å². The van der Waals surface area contributed by atoms with Crippen molar-refractivity contribution < 1.29 is 23.9 Å². The summed E-state index contributed by atoms with van der Waals surface area (Å²) in [6.07, 6.45) is 22.7. The molecule has 3 aromatic heterocycles. The van der Waals surface area contributed by atoms with Crippen LogP contribution < -0.4 is 26.0 Å². The number of hydrogen-bond acceptors (Lipinski definition) is 6. The minimum Gasteiger partial charge on any atom is -0.657 e. The van der Waals surface area contributed by atoms with Gasteiger partial charge in [0.2, 0.25) is 0 Å². The van der Waals surface area contributed by atoms with Crippen LogP contribution in [0.4, 0.5) is 0 Å². The molecule has 0 saturated carbocycles. The molecule has 10 heteroatoms. The third kappa shape index (κ3) is 11.6. The summed E-state index contributed by atoms with van der Waals surface area (Å²) >= 11 is 0. The molecule has 346 valence electrons. The quantitative estimate of drug-likeness (QED) is 0.0497. The van der Waals surface area contributed by atoms with Gasteiger partial charge in [-0.1, -0.05) is 134 Å². The van der Waals surface area contributed by atoms with Crippen molar-refractivity contribution in [2.75, 3.05) is 13.7 Å². The summed E-state index contributed by atoms with van der Waals surface area (Å²) in [5.41, 5.74) is 11.5. The van der Waals surface area contributed by atoms with Gasteiger partial charge < -0.3 is 29.7 Å². The summed E-state index contributed by atoms with van der Waals surface area (Å²) in [7, 11) is 1.31. The van der Waals surface area contributed by atoms with Gasteiger partial charge in [0.05, 0.1) is 7.11 Å². The van der Waals surface area contributed by atoms with Gasteiger partial charge in [0.25, 0.3) is 0 Å². The van der Waals surface area contributed by atoms with Crippen molar-refractivity contribution in [3.05, 3.63) is 96.5 Å². The van der Waals surface area contributed by atoms with E-state index in [1.54, 1.807) is 0 Å². The average molecular weight is 896 g/mol. The Hall–Kier alpha value is -4.28. The molecule has 5 heterocycles. The number of Topliss-reactive ketones (excluding diaryl/α,β-unsaturated/α-hetero) is 1. The molecule has 0 radical (unpaired) electrons. The number of carbonyl (C=O) groups is 3. The topological polar surface area (TPSA) is 126 Å². The van der Waals surface area contributed by atoms with Gasteiger partial charge in [-0.3, -0.25) is 14.4 Å². The molecule has 2 aliphatic heterocycles. The number of ether oxygens (including phenoxy) is 2. The first-order chi connectivity index (χ1) is 30.6. The van der Waals surface area contributed by atoms with Gasteiger partial charge in [-0.15, -0.1) is 22.8 Å². The number of nitrogens with one attached hydrogen (secondary N) is 2. The molecule has 1 aliphatic carbocycles. The van der Waals surface area contributed by atoms with Crippen LogP contribution in [0.25, 0.3) is 29.9 Å².